The second kappa shape index (κ2) is 10.1. The van der Waals surface area contributed by atoms with Gasteiger partial charge >= 0.3 is 0 Å². The first-order valence-corrected chi connectivity index (χ1v) is 11.8. The minimum Gasteiger partial charge on any atom is -0.457 e. The predicted octanol–water partition coefficient (Wildman–Crippen LogP) is 3.68. The highest BCUT2D eigenvalue weighted by atomic mass is 16.5. The second-order valence-corrected chi connectivity index (χ2v) is 8.93. The van der Waals surface area contributed by atoms with E-state index in [1.807, 2.05) is 42.5 Å². The molecule has 0 unspecified atom stereocenters. The van der Waals surface area contributed by atoms with Crippen molar-refractivity contribution in [1.29, 1.82) is 0 Å². The molecular formula is C25H30N6O2. The summed E-state index contributed by atoms with van der Waals surface area (Å²) < 4.78 is 7.81. The Balaban J connectivity index is 1.34. The summed E-state index contributed by atoms with van der Waals surface area (Å²) in [5, 5.41) is 11.7. The maximum atomic E-state index is 13.6. The SMILES string of the molecule is O=C([C@@H]1C[C@H](n2cnnn2)CN1Cc1cccc(Oc2ccccc2)c1)N1CCCCCC1. The van der Waals surface area contributed by atoms with Gasteiger partial charge in [-0.3, -0.25) is 9.69 Å². The number of rotatable bonds is 6. The molecule has 0 bridgehead atoms. The van der Waals surface area contributed by atoms with E-state index in [1.54, 1.807) is 11.0 Å². The van der Waals surface area contributed by atoms with Crippen LogP contribution in [0.15, 0.2) is 60.9 Å². The first-order valence-electron chi connectivity index (χ1n) is 11.8. The van der Waals surface area contributed by atoms with Crippen LogP contribution in [0.2, 0.25) is 0 Å². The van der Waals surface area contributed by atoms with Gasteiger partial charge in [0.1, 0.15) is 17.8 Å². The van der Waals surface area contributed by atoms with Crippen LogP contribution >= 0.6 is 0 Å². The molecule has 8 heteroatoms. The Labute approximate surface area is 194 Å². The summed E-state index contributed by atoms with van der Waals surface area (Å²) in [6.45, 7) is 3.13. The van der Waals surface area contributed by atoms with Gasteiger partial charge in [0.05, 0.1) is 12.1 Å². The number of nitrogens with zero attached hydrogens (tertiary/aromatic N) is 6. The lowest BCUT2D eigenvalue weighted by molar-refractivity contribution is -0.136. The number of ether oxygens (including phenoxy) is 1. The van der Waals surface area contributed by atoms with Crippen LogP contribution in [-0.4, -0.2) is 61.6 Å². The molecule has 5 rings (SSSR count). The largest absolute Gasteiger partial charge is 0.457 e. The lowest BCUT2D eigenvalue weighted by Crippen LogP contribution is -2.45. The van der Waals surface area contributed by atoms with E-state index in [2.05, 4.69) is 37.5 Å². The van der Waals surface area contributed by atoms with Crippen LogP contribution in [0.25, 0.3) is 0 Å². The fraction of sp³-hybridized carbons (Fsp3) is 0.440. The van der Waals surface area contributed by atoms with Gasteiger partial charge in [0.2, 0.25) is 5.91 Å². The van der Waals surface area contributed by atoms with Crippen LogP contribution in [0.1, 0.15) is 43.7 Å². The molecule has 3 aromatic rings. The monoisotopic (exact) mass is 446 g/mol. The third-order valence-corrected chi connectivity index (χ3v) is 6.59. The van der Waals surface area contributed by atoms with Gasteiger partial charge in [0.15, 0.2) is 0 Å². The van der Waals surface area contributed by atoms with Gasteiger partial charge in [-0.15, -0.1) is 5.10 Å². The molecule has 0 saturated carbocycles. The van der Waals surface area contributed by atoms with Crippen molar-refractivity contribution in [3.8, 4) is 11.5 Å². The number of benzene rings is 2. The highest BCUT2D eigenvalue weighted by Crippen LogP contribution is 2.31. The predicted molar refractivity (Wildman–Crippen MR) is 124 cm³/mol. The number of hydrogen-bond acceptors (Lipinski definition) is 6. The zero-order valence-electron chi connectivity index (χ0n) is 18.8. The Kier molecular flexibility index (Phi) is 6.62. The number of aromatic nitrogens is 4. The molecule has 0 spiro atoms. The molecule has 2 atom stereocenters. The van der Waals surface area contributed by atoms with Crippen molar-refractivity contribution >= 4 is 5.91 Å². The molecule has 3 heterocycles. The van der Waals surface area contributed by atoms with Crippen molar-refractivity contribution in [2.45, 2.75) is 50.7 Å². The third kappa shape index (κ3) is 5.22. The van der Waals surface area contributed by atoms with Crippen molar-refractivity contribution in [3.63, 3.8) is 0 Å². The topological polar surface area (TPSA) is 76.4 Å². The number of tetrazole rings is 1. The summed E-state index contributed by atoms with van der Waals surface area (Å²) in [7, 11) is 0. The number of carbonyl (C=O) groups excluding carboxylic acids is 1. The molecular weight excluding hydrogens is 416 g/mol. The molecule has 2 aliphatic heterocycles. The van der Waals surface area contributed by atoms with Gasteiger partial charge in [-0.1, -0.05) is 43.2 Å². The van der Waals surface area contributed by atoms with Crippen molar-refractivity contribution in [2.75, 3.05) is 19.6 Å². The summed E-state index contributed by atoms with van der Waals surface area (Å²) >= 11 is 0. The Morgan fingerprint density at radius 2 is 1.76 bits per heavy atom. The molecule has 0 radical (unpaired) electrons. The van der Waals surface area contributed by atoms with Crippen LogP contribution < -0.4 is 4.74 Å². The number of para-hydroxylation sites is 1. The van der Waals surface area contributed by atoms with Crippen molar-refractivity contribution in [2.24, 2.45) is 0 Å². The standard InChI is InChI=1S/C25H30N6O2/c32-25(29-13-6-1-2-7-14-29)24-16-21(31-19-26-27-28-31)18-30(24)17-20-9-8-12-23(15-20)33-22-10-4-3-5-11-22/h3-5,8-12,15,19,21,24H,1-2,6-7,13-14,16-18H2/t21-,24-/m0/s1. The fourth-order valence-electron chi connectivity index (χ4n) is 4.91. The fourth-order valence-corrected chi connectivity index (χ4v) is 4.91. The molecule has 2 saturated heterocycles. The first-order chi connectivity index (χ1) is 16.3. The third-order valence-electron chi connectivity index (χ3n) is 6.59. The Morgan fingerprint density at radius 3 is 2.52 bits per heavy atom. The van der Waals surface area contributed by atoms with Crippen LogP contribution in [-0.2, 0) is 11.3 Å². The van der Waals surface area contributed by atoms with E-state index in [0.717, 1.165) is 56.0 Å². The van der Waals surface area contributed by atoms with Gasteiger partial charge in [-0.2, -0.15) is 0 Å². The molecule has 0 aliphatic carbocycles. The highest BCUT2D eigenvalue weighted by Gasteiger charge is 2.40. The van der Waals surface area contributed by atoms with E-state index in [0.29, 0.717) is 6.54 Å². The zero-order valence-corrected chi connectivity index (χ0v) is 18.8. The van der Waals surface area contributed by atoms with Crippen molar-refractivity contribution in [1.82, 2.24) is 30.0 Å². The number of amides is 1. The minimum absolute atomic E-state index is 0.0877. The van der Waals surface area contributed by atoms with Gasteiger partial charge < -0.3 is 9.64 Å². The lowest BCUT2D eigenvalue weighted by Gasteiger charge is -2.29. The Morgan fingerprint density at radius 1 is 0.970 bits per heavy atom. The van der Waals surface area contributed by atoms with Gasteiger partial charge in [-0.25, -0.2) is 4.68 Å². The second-order valence-electron chi connectivity index (χ2n) is 8.93. The maximum absolute atomic E-state index is 13.6. The first kappa shape index (κ1) is 21.6. The van der Waals surface area contributed by atoms with Crippen LogP contribution in [0.3, 0.4) is 0 Å². The van der Waals surface area contributed by atoms with Crippen LogP contribution in [0.5, 0.6) is 11.5 Å². The van der Waals surface area contributed by atoms with E-state index in [4.69, 9.17) is 4.74 Å². The zero-order chi connectivity index (χ0) is 22.5. The molecule has 33 heavy (non-hydrogen) atoms. The van der Waals surface area contributed by atoms with Crippen molar-refractivity contribution in [3.05, 3.63) is 66.5 Å². The summed E-state index contributed by atoms with van der Waals surface area (Å²) in [6.07, 6.45) is 6.97. The van der Waals surface area contributed by atoms with Crippen molar-refractivity contribution < 1.29 is 9.53 Å². The summed E-state index contributed by atoms with van der Waals surface area (Å²) in [4.78, 5) is 17.9. The summed E-state index contributed by atoms with van der Waals surface area (Å²) in [5.41, 5.74) is 1.12. The number of likely N-dealkylation sites (tertiary alicyclic amines) is 2. The normalized spacial score (nSPS) is 21.6. The Hall–Kier alpha value is -3.26. The summed E-state index contributed by atoms with van der Waals surface area (Å²) in [5.74, 6) is 1.85. The lowest BCUT2D eigenvalue weighted by atomic mass is 10.1. The van der Waals surface area contributed by atoms with Crippen LogP contribution in [0, 0.1) is 0 Å². The van der Waals surface area contributed by atoms with Gasteiger partial charge in [0, 0.05) is 26.2 Å². The van der Waals surface area contributed by atoms with E-state index < -0.39 is 0 Å². The molecule has 172 valence electrons. The minimum atomic E-state index is -0.170. The molecule has 2 fully saturated rings. The quantitative estimate of drug-likeness (QED) is 0.575. The smallest absolute Gasteiger partial charge is 0.240 e. The van der Waals surface area contributed by atoms with E-state index in [9.17, 15) is 4.79 Å². The van der Waals surface area contributed by atoms with Gasteiger partial charge in [0.25, 0.3) is 0 Å². The van der Waals surface area contributed by atoms with E-state index >= 15 is 0 Å². The van der Waals surface area contributed by atoms with Gasteiger partial charge in [-0.05, 0) is 59.5 Å². The number of hydrogen-bond donors (Lipinski definition) is 0. The average Bonchev–Trinajstić information content (AvgIpc) is 3.43. The average molecular weight is 447 g/mol. The molecule has 1 aromatic heterocycles. The molecule has 0 N–H and O–H groups in total. The molecule has 2 aromatic carbocycles. The van der Waals surface area contributed by atoms with E-state index in [-0.39, 0.29) is 18.0 Å². The molecule has 1 amide bonds. The maximum Gasteiger partial charge on any atom is 0.240 e. The van der Waals surface area contributed by atoms with Crippen LogP contribution in [0.4, 0.5) is 0 Å². The summed E-state index contributed by atoms with van der Waals surface area (Å²) in [6, 6.07) is 17.8. The van der Waals surface area contributed by atoms with E-state index in [1.165, 1.54) is 12.8 Å². The number of carbonyl (C=O) groups is 1. The highest BCUT2D eigenvalue weighted by molar-refractivity contribution is 5.82. The Bertz CT molecular complexity index is 1030. The molecule has 8 nitrogen and oxygen atoms in total. The molecule has 2 aliphatic rings.